The van der Waals surface area contributed by atoms with Crippen molar-refractivity contribution in [2.75, 3.05) is 18.0 Å². The maximum absolute atomic E-state index is 5.72. The predicted octanol–water partition coefficient (Wildman–Crippen LogP) is 1.14. The molecule has 1 fully saturated rings. The van der Waals surface area contributed by atoms with E-state index >= 15 is 0 Å². The minimum absolute atomic E-state index is 0.185. The van der Waals surface area contributed by atoms with Crippen LogP contribution in [0.15, 0.2) is 6.33 Å². The first kappa shape index (κ1) is 10.6. The quantitative estimate of drug-likeness (QED) is 0.722. The van der Waals surface area contributed by atoms with Crippen LogP contribution in [0.2, 0.25) is 5.28 Å². The van der Waals surface area contributed by atoms with Gasteiger partial charge in [0.1, 0.15) is 6.33 Å². The second-order valence-electron chi connectivity index (χ2n) is 3.72. The van der Waals surface area contributed by atoms with E-state index in [0.29, 0.717) is 5.95 Å². The smallest absolute Gasteiger partial charge is 0.229 e. The summed E-state index contributed by atoms with van der Waals surface area (Å²) in [6.07, 6.45) is 1.80. The van der Waals surface area contributed by atoms with Gasteiger partial charge in [-0.15, -0.1) is 0 Å². The van der Waals surface area contributed by atoms with Crippen molar-refractivity contribution in [1.29, 1.82) is 0 Å². The molecule has 0 saturated carbocycles. The van der Waals surface area contributed by atoms with Crippen LogP contribution in [0.25, 0.3) is 0 Å². The topological polar surface area (TPSA) is 51.1 Å². The van der Waals surface area contributed by atoms with Crippen LogP contribution in [-0.2, 0) is 4.74 Å². The highest BCUT2D eigenvalue weighted by Crippen LogP contribution is 2.16. The zero-order chi connectivity index (χ0) is 10.8. The summed E-state index contributed by atoms with van der Waals surface area (Å²) in [6.45, 7) is 5.63. The van der Waals surface area contributed by atoms with Crippen molar-refractivity contribution < 1.29 is 4.74 Å². The van der Waals surface area contributed by atoms with Crippen molar-refractivity contribution in [2.24, 2.45) is 0 Å². The summed E-state index contributed by atoms with van der Waals surface area (Å²) >= 11 is 5.72. The molecular formula is C9H13ClN4O. The molecule has 0 radical (unpaired) electrons. The molecule has 1 saturated heterocycles. The molecule has 0 N–H and O–H groups in total. The summed E-state index contributed by atoms with van der Waals surface area (Å²) in [7, 11) is 0. The number of hydrogen-bond donors (Lipinski definition) is 0. The number of nitrogens with zero attached hydrogens (tertiary/aromatic N) is 4. The Morgan fingerprint density at radius 2 is 2.00 bits per heavy atom. The average molecular weight is 229 g/mol. The van der Waals surface area contributed by atoms with Gasteiger partial charge in [-0.1, -0.05) is 0 Å². The molecule has 0 amide bonds. The Hall–Kier alpha value is -0.940. The van der Waals surface area contributed by atoms with E-state index in [-0.39, 0.29) is 17.5 Å². The summed E-state index contributed by atoms with van der Waals surface area (Å²) in [6, 6.07) is 0. The molecular weight excluding hydrogens is 216 g/mol. The molecule has 82 valence electrons. The normalized spacial score (nSPS) is 26.7. The molecule has 0 bridgehead atoms. The van der Waals surface area contributed by atoms with Gasteiger partial charge in [0, 0.05) is 13.1 Å². The molecule has 1 aromatic heterocycles. The van der Waals surface area contributed by atoms with E-state index in [9.17, 15) is 0 Å². The first-order chi connectivity index (χ1) is 7.15. The van der Waals surface area contributed by atoms with Crippen LogP contribution in [0.5, 0.6) is 0 Å². The maximum atomic E-state index is 5.72. The summed E-state index contributed by atoms with van der Waals surface area (Å²) in [5.74, 6) is 0.622. The highest BCUT2D eigenvalue weighted by atomic mass is 35.5. The molecule has 0 spiro atoms. The number of hydrogen-bond acceptors (Lipinski definition) is 5. The van der Waals surface area contributed by atoms with Crippen molar-refractivity contribution in [2.45, 2.75) is 26.1 Å². The lowest BCUT2D eigenvalue weighted by molar-refractivity contribution is -0.00573. The Bertz CT molecular complexity index is 339. The van der Waals surface area contributed by atoms with Gasteiger partial charge in [-0.25, -0.2) is 9.97 Å². The second-order valence-corrected chi connectivity index (χ2v) is 4.05. The summed E-state index contributed by atoms with van der Waals surface area (Å²) in [4.78, 5) is 14.0. The molecule has 1 aromatic rings. The van der Waals surface area contributed by atoms with E-state index in [2.05, 4.69) is 19.9 Å². The van der Waals surface area contributed by atoms with Gasteiger partial charge in [-0.2, -0.15) is 4.98 Å². The summed E-state index contributed by atoms with van der Waals surface area (Å²) < 4.78 is 5.62. The van der Waals surface area contributed by atoms with Gasteiger partial charge in [0.25, 0.3) is 0 Å². The molecule has 1 aliphatic heterocycles. The Morgan fingerprint density at radius 3 is 2.60 bits per heavy atom. The monoisotopic (exact) mass is 228 g/mol. The Kier molecular flexibility index (Phi) is 3.02. The van der Waals surface area contributed by atoms with Crippen molar-refractivity contribution in [3.8, 4) is 0 Å². The Balaban J connectivity index is 2.16. The largest absolute Gasteiger partial charge is 0.372 e. The van der Waals surface area contributed by atoms with Crippen LogP contribution in [0.3, 0.4) is 0 Å². The van der Waals surface area contributed by atoms with Crippen LogP contribution < -0.4 is 4.90 Å². The van der Waals surface area contributed by atoms with Gasteiger partial charge in [-0.3, -0.25) is 0 Å². The third kappa shape index (κ3) is 2.54. The molecule has 2 heterocycles. The third-order valence-electron chi connectivity index (χ3n) is 2.23. The fraction of sp³-hybridized carbons (Fsp3) is 0.667. The molecule has 5 nitrogen and oxygen atoms in total. The van der Waals surface area contributed by atoms with Crippen molar-refractivity contribution in [1.82, 2.24) is 15.0 Å². The first-order valence-corrected chi connectivity index (χ1v) is 5.28. The summed E-state index contributed by atoms with van der Waals surface area (Å²) in [5, 5.41) is 0.229. The van der Waals surface area contributed by atoms with Crippen LogP contribution in [0.4, 0.5) is 5.95 Å². The first-order valence-electron chi connectivity index (χ1n) is 4.90. The zero-order valence-electron chi connectivity index (χ0n) is 8.72. The Morgan fingerprint density at radius 1 is 1.33 bits per heavy atom. The van der Waals surface area contributed by atoms with Gasteiger partial charge < -0.3 is 9.64 Å². The van der Waals surface area contributed by atoms with E-state index in [1.54, 1.807) is 0 Å². The number of morpholine rings is 1. The standard InChI is InChI=1S/C9H13ClN4O/c1-6-3-14(4-7(2)15-6)9-12-5-11-8(10)13-9/h5-7H,3-4H2,1-2H3/t6-,7?/m0/s1. The van der Waals surface area contributed by atoms with Crippen molar-refractivity contribution in [3.63, 3.8) is 0 Å². The van der Waals surface area contributed by atoms with Crippen LogP contribution >= 0.6 is 11.6 Å². The van der Waals surface area contributed by atoms with Crippen molar-refractivity contribution >= 4 is 17.5 Å². The Labute approximate surface area is 93.5 Å². The van der Waals surface area contributed by atoms with Gasteiger partial charge in [-0.05, 0) is 25.4 Å². The van der Waals surface area contributed by atoms with E-state index in [4.69, 9.17) is 16.3 Å². The lowest BCUT2D eigenvalue weighted by atomic mass is 10.2. The van der Waals surface area contributed by atoms with E-state index in [1.165, 1.54) is 6.33 Å². The van der Waals surface area contributed by atoms with Gasteiger partial charge in [0.05, 0.1) is 12.2 Å². The fourth-order valence-corrected chi connectivity index (χ4v) is 1.88. The molecule has 6 heteroatoms. The third-order valence-corrected chi connectivity index (χ3v) is 2.41. The molecule has 15 heavy (non-hydrogen) atoms. The lowest BCUT2D eigenvalue weighted by Gasteiger charge is -2.35. The van der Waals surface area contributed by atoms with Gasteiger partial charge in [0.15, 0.2) is 0 Å². The van der Waals surface area contributed by atoms with Crippen LogP contribution in [0.1, 0.15) is 13.8 Å². The molecule has 2 atom stereocenters. The zero-order valence-corrected chi connectivity index (χ0v) is 9.48. The van der Waals surface area contributed by atoms with Gasteiger partial charge >= 0.3 is 0 Å². The molecule has 0 aliphatic carbocycles. The number of anilines is 1. The maximum Gasteiger partial charge on any atom is 0.229 e. The number of ether oxygens (including phenoxy) is 1. The highest BCUT2D eigenvalue weighted by Gasteiger charge is 2.24. The minimum atomic E-state index is 0.185. The van der Waals surface area contributed by atoms with E-state index in [0.717, 1.165) is 13.1 Å². The minimum Gasteiger partial charge on any atom is -0.372 e. The molecule has 1 unspecified atom stereocenters. The van der Waals surface area contributed by atoms with Gasteiger partial charge in [0.2, 0.25) is 11.2 Å². The molecule has 2 rings (SSSR count). The predicted molar refractivity (Wildman–Crippen MR) is 57.1 cm³/mol. The van der Waals surface area contributed by atoms with E-state index in [1.807, 2.05) is 13.8 Å². The van der Waals surface area contributed by atoms with E-state index < -0.39 is 0 Å². The van der Waals surface area contributed by atoms with Crippen LogP contribution in [-0.4, -0.2) is 40.2 Å². The highest BCUT2D eigenvalue weighted by molar-refractivity contribution is 6.28. The lowest BCUT2D eigenvalue weighted by Crippen LogP contribution is -2.46. The van der Waals surface area contributed by atoms with Crippen LogP contribution in [0, 0.1) is 0 Å². The number of aromatic nitrogens is 3. The summed E-state index contributed by atoms with van der Waals surface area (Å²) in [5.41, 5.74) is 0. The average Bonchev–Trinajstić information content (AvgIpc) is 2.16. The number of halogens is 1. The fourth-order valence-electron chi connectivity index (χ4n) is 1.76. The van der Waals surface area contributed by atoms with Crippen molar-refractivity contribution in [3.05, 3.63) is 11.6 Å². The molecule has 1 aliphatic rings. The molecule has 0 aromatic carbocycles. The SMILES string of the molecule is CC1CN(c2ncnc(Cl)n2)C[C@H](C)O1. The number of rotatable bonds is 1. The second kappa shape index (κ2) is 4.28.